The molecule has 0 unspecified atom stereocenters. The number of aromatic nitrogens is 2. The molecule has 104 valence electrons. The lowest BCUT2D eigenvalue weighted by Crippen LogP contribution is -2.26. The van der Waals surface area contributed by atoms with Gasteiger partial charge in [-0.3, -0.25) is 4.68 Å². The SMILES string of the molecule is CCNCc1c(C)nn(C)c1N(C)CCOCC. The second-order valence-electron chi connectivity index (χ2n) is 4.41. The highest BCUT2D eigenvalue weighted by Crippen LogP contribution is 2.21. The summed E-state index contributed by atoms with van der Waals surface area (Å²) in [5, 5.41) is 7.88. The van der Waals surface area contributed by atoms with Crippen LogP contribution < -0.4 is 10.2 Å². The maximum Gasteiger partial charge on any atom is 0.131 e. The predicted molar refractivity (Wildman–Crippen MR) is 75.1 cm³/mol. The quantitative estimate of drug-likeness (QED) is 0.710. The van der Waals surface area contributed by atoms with Crippen LogP contribution in [0.3, 0.4) is 0 Å². The zero-order chi connectivity index (χ0) is 13.5. The number of hydrogen-bond acceptors (Lipinski definition) is 4. The number of nitrogens with zero attached hydrogens (tertiary/aromatic N) is 3. The maximum absolute atomic E-state index is 5.41. The van der Waals surface area contributed by atoms with Gasteiger partial charge in [-0.15, -0.1) is 0 Å². The third-order valence-electron chi connectivity index (χ3n) is 3.00. The highest BCUT2D eigenvalue weighted by atomic mass is 16.5. The standard InChI is InChI=1S/C13H26N4O/c1-6-14-10-12-11(3)15-17(5)13(12)16(4)8-9-18-7-2/h14H,6-10H2,1-5H3. The Hall–Kier alpha value is -1.07. The van der Waals surface area contributed by atoms with E-state index in [-0.39, 0.29) is 0 Å². The van der Waals surface area contributed by atoms with Crippen molar-refractivity contribution < 1.29 is 4.74 Å². The van der Waals surface area contributed by atoms with Crippen LogP contribution in [-0.2, 0) is 18.3 Å². The zero-order valence-corrected chi connectivity index (χ0v) is 12.3. The maximum atomic E-state index is 5.41. The van der Waals surface area contributed by atoms with E-state index < -0.39 is 0 Å². The van der Waals surface area contributed by atoms with Crippen molar-refractivity contribution in [3.8, 4) is 0 Å². The van der Waals surface area contributed by atoms with Gasteiger partial charge in [0, 0.05) is 39.4 Å². The Labute approximate surface area is 110 Å². The molecule has 0 atom stereocenters. The Bertz CT molecular complexity index is 362. The van der Waals surface area contributed by atoms with Crippen LogP contribution in [0.15, 0.2) is 0 Å². The number of hydrogen-bond donors (Lipinski definition) is 1. The van der Waals surface area contributed by atoms with E-state index in [1.54, 1.807) is 0 Å². The second-order valence-corrected chi connectivity index (χ2v) is 4.41. The van der Waals surface area contributed by atoms with Crippen molar-refractivity contribution in [1.82, 2.24) is 15.1 Å². The molecule has 0 aliphatic rings. The average molecular weight is 254 g/mol. The van der Waals surface area contributed by atoms with E-state index in [4.69, 9.17) is 4.74 Å². The minimum Gasteiger partial charge on any atom is -0.380 e. The summed E-state index contributed by atoms with van der Waals surface area (Å²) in [6.45, 7) is 10.4. The van der Waals surface area contributed by atoms with Gasteiger partial charge < -0.3 is 15.0 Å². The highest BCUT2D eigenvalue weighted by Gasteiger charge is 2.16. The van der Waals surface area contributed by atoms with Crippen molar-refractivity contribution in [2.45, 2.75) is 27.3 Å². The molecule has 1 rings (SSSR count). The van der Waals surface area contributed by atoms with E-state index in [1.165, 1.54) is 11.4 Å². The van der Waals surface area contributed by atoms with E-state index in [9.17, 15) is 0 Å². The molecule has 0 radical (unpaired) electrons. The van der Waals surface area contributed by atoms with Crippen LogP contribution >= 0.6 is 0 Å². The summed E-state index contributed by atoms with van der Waals surface area (Å²) >= 11 is 0. The minimum atomic E-state index is 0.748. The van der Waals surface area contributed by atoms with Gasteiger partial charge in [0.2, 0.25) is 0 Å². The summed E-state index contributed by atoms with van der Waals surface area (Å²) in [7, 11) is 4.08. The molecule has 0 spiro atoms. The molecule has 5 heteroatoms. The predicted octanol–water partition coefficient (Wildman–Crippen LogP) is 1.31. The van der Waals surface area contributed by atoms with Gasteiger partial charge in [0.25, 0.3) is 0 Å². The van der Waals surface area contributed by atoms with Crippen LogP contribution in [0.4, 0.5) is 5.82 Å². The number of nitrogens with one attached hydrogen (secondary N) is 1. The van der Waals surface area contributed by atoms with Crippen molar-refractivity contribution in [3.05, 3.63) is 11.3 Å². The molecule has 0 aliphatic heterocycles. The summed E-state index contributed by atoms with van der Waals surface area (Å²) in [5.74, 6) is 1.17. The van der Waals surface area contributed by atoms with Crippen molar-refractivity contribution in [2.24, 2.45) is 7.05 Å². The van der Waals surface area contributed by atoms with Crippen molar-refractivity contribution >= 4 is 5.82 Å². The lowest BCUT2D eigenvalue weighted by molar-refractivity contribution is 0.154. The zero-order valence-electron chi connectivity index (χ0n) is 12.3. The molecule has 1 aromatic rings. The van der Waals surface area contributed by atoms with Gasteiger partial charge in [-0.05, 0) is 20.4 Å². The molecule has 18 heavy (non-hydrogen) atoms. The highest BCUT2D eigenvalue weighted by molar-refractivity contribution is 5.49. The van der Waals surface area contributed by atoms with E-state index >= 15 is 0 Å². The summed E-state index contributed by atoms with van der Waals surface area (Å²) in [5.41, 5.74) is 2.37. The third kappa shape index (κ3) is 3.71. The molecule has 1 N–H and O–H groups in total. The second kappa shape index (κ2) is 7.38. The van der Waals surface area contributed by atoms with E-state index in [0.717, 1.165) is 38.5 Å². The van der Waals surface area contributed by atoms with Crippen molar-refractivity contribution in [3.63, 3.8) is 0 Å². The Morgan fingerprint density at radius 2 is 2.11 bits per heavy atom. The Morgan fingerprint density at radius 3 is 2.72 bits per heavy atom. The molecular formula is C13H26N4O. The Kier molecular flexibility index (Phi) is 6.15. The molecule has 1 heterocycles. The molecule has 1 aromatic heterocycles. The van der Waals surface area contributed by atoms with Crippen LogP contribution in [0.25, 0.3) is 0 Å². The van der Waals surface area contributed by atoms with Crippen molar-refractivity contribution in [1.29, 1.82) is 0 Å². The first-order valence-corrected chi connectivity index (χ1v) is 6.63. The smallest absolute Gasteiger partial charge is 0.131 e. The van der Waals surface area contributed by atoms with Crippen LogP contribution in [0, 0.1) is 6.92 Å². The lowest BCUT2D eigenvalue weighted by atomic mass is 10.2. The number of anilines is 1. The first-order chi connectivity index (χ1) is 8.61. The number of aryl methyl sites for hydroxylation is 2. The summed E-state index contributed by atoms with van der Waals surface area (Å²) in [6.07, 6.45) is 0. The van der Waals surface area contributed by atoms with E-state index in [1.807, 2.05) is 18.7 Å². The normalized spacial score (nSPS) is 10.9. The third-order valence-corrected chi connectivity index (χ3v) is 3.00. The van der Waals surface area contributed by atoms with Crippen LogP contribution in [0.5, 0.6) is 0 Å². The fraction of sp³-hybridized carbons (Fsp3) is 0.769. The van der Waals surface area contributed by atoms with Gasteiger partial charge in [0.1, 0.15) is 5.82 Å². The van der Waals surface area contributed by atoms with Gasteiger partial charge in [-0.25, -0.2) is 0 Å². The first-order valence-electron chi connectivity index (χ1n) is 6.63. The monoisotopic (exact) mass is 254 g/mol. The molecule has 0 bridgehead atoms. The fourth-order valence-electron chi connectivity index (χ4n) is 2.08. The van der Waals surface area contributed by atoms with Crippen molar-refractivity contribution in [2.75, 3.05) is 38.3 Å². The lowest BCUT2D eigenvalue weighted by Gasteiger charge is -2.21. The molecule has 5 nitrogen and oxygen atoms in total. The average Bonchev–Trinajstić information content (AvgIpc) is 2.61. The fourth-order valence-corrected chi connectivity index (χ4v) is 2.08. The molecule has 0 fully saturated rings. The van der Waals surface area contributed by atoms with Gasteiger partial charge in [0.05, 0.1) is 12.3 Å². The molecule has 0 aliphatic carbocycles. The number of rotatable bonds is 8. The summed E-state index contributed by atoms with van der Waals surface area (Å²) in [6, 6.07) is 0. The van der Waals surface area contributed by atoms with E-state index in [2.05, 4.69) is 36.2 Å². The largest absolute Gasteiger partial charge is 0.380 e. The molecule has 0 amide bonds. The number of ether oxygens (including phenoxy) is 1. The van der Waals surface area contributed by atoms with Crippen LogP contribution in [0.1, 0.15) is 25.1 Å². The Balaban J connectivity index is 2.78. The first kappa shape index (κ1) is 15.0. The Morgan fingerprint density at radius 1 is 1.39 bits per heavy atom. The van der Waals surface area contributed by atoms with Gasteiger partial charge >= 0.3 is 0 Å². The molecule has 0 saturated heterocycles. The minimum absolute atomic E-state index is 0.748. The summed E-state index contributed by atoms with van der Waals surface area (Å²) < 4.78 is 7.36. The van der Waals surface area contributed by atoms with Gasteiger partial charge in [-0.1, -0.05) is 6.92 Å². The van der Waals surface area contributed by atoms with Gasteiger partial charge in [0.15, 0.2) is 0 Å². The molecule has 0 saturated carbocycles. The number of likely N-dealkylation sites (N-methyl/N-ethyl adjacent to an activating group) is 1. The molecule has 0 aromatic carbocycles. The topological polar surface area (TPSA) is 42.3 Å². The van der Waals surface area contributed by atoms with E-state index in [0.29, 0.717) is 0 Å². The molecular weight excluding hydrogens is 228 g/mol. The van der Waals surface area contributed by atoms with Crippen LogP contribution in [-0.4, -0.2) is 43.1 Å². The summed E-state index contributed by atoms with van der Waals surface area (Å²) in [4.78, 5) is 2.21. The van der Waals surface area contributed by atoms with Gasteiger partial charge in [-0.2, -0.15) is 5.10 Å². The van der Waals surface area contributed by atoms with Crippen LogP contribution in [0.2, 0.25) is 0 Å².